The van der Waals surface area contributed by atoms with E-state index < -0.39 is 9.84 Å². The average molecular weight is 309 g/mol. The van der Waals surface area contributed by atoms with Crippen LogP contribution in [0.3, 0.4) is 0 Å². The summed E-state index contributed by atoms with van der Waals surface area (Å²) in [5.74, 6) is 1.28. The molecule has 0 aliphatic rings. The zero-order chi connectivity index (χ0) is 15.5. The maximum atomic E-state index is 11.8. The third-order valence-electron chi connectivity index (χ3n) is 3.29. The number of aryl methyl sites for hydroxylation is 1. The summed E-state index contributed by atoms with van der Waals surface area (Å²) >= 11 is 0. The summed E-state index contributed by atoms with van der Waals surface area (Å²) in [5.41, 5.74) is 1.01. The molecule has 0 spiro atoms. The zero-order valence-electron chi connectivity index (χ0n) is 12.9. The minimum Gasteiger partial charge on any atom is -0.490 e. The van der Waals surface area contributed by atoms with Crippen molar-refractivity contribution in [3.05, 3.63) is 30.5 Å². The fourth-order valence-electron chi connectivity index (χ4n) is 2.40. The SMILES string of the molecule is CCCS(=O)(=O)CCn1ccc2c(OC(C)C)cccc21. The van der Waals surface area contributed by atoms with Crippen LogP contribution in [0, 0.1) is 0 Å². The summed E-state index contributed by atoms with van der Waals surface area (Å²) in [4.78, 5) is 0. The molecule has 2 aromatic rings. The molecule has 0 saturated heterocycles. The Bertz CT molecular complexity index is 701. The highest BCUT2D eigenvalue weighted by Crippen LogP contribution is 2.27. The minimum atomic E-state index is -2.96. The van der Waals surface area contributed by atoms with Gasteiger partial charge in [-0.05, 0) is 38.5 Å². The van der Waals surface area contributed by atoms with Crippen molar-refractivity contribution in [1.82, 2.24) is 4.57 Å². The molecular formula is C16H23NO3S. The van der Waals surface area contributed by atoms with Crippen LogP contribution in [-0.4, -0.2) is 30.6 Å². The molecule has 0 saturated carbocycles. The lowest BCUT2D eigenvalue weighted by Gasteiger charge is -2.11. The van der Waals surface area contributed by atoms with E-state index in [0.717, 1.165) is 16.7 Å². The molecule has 2 rings (SSSR count). The summed E-state index contributed by atoms with van der Waals surface area (Å²) in [7, 11) is -2.96. The van der Waals surface area contributed by atoms with E-state index in [9.17, 15) is 8.42 Å². The monoisotopic (exact) mass is 309 g/mol. The maximum absolute atomic E-state index is 11.8. The van der Waals surface area contributed by atoms with Gasteiger partial charge in [-0.15, -0.1) is 0 Å². The number of hydrogen-bond acceptors (Lipinski definition) is 3. The van der Waals surface area contributed by atoms with Crippen molar-refractivity contribution in [3.63, 3.8) is 0 Å². The Morgan fingerprint density at radius 2 is 1.95 bits per heavy atom. The van der Waals surface area contributed by atoms with E-state index in [-0.39, 0.29) is 17.6 Å². The molecule has 1 aromatic carbocycles. The predicted molar refractivity (Wildman–Crippen MR) is 86.6 cm³/mol. The molecule has 0 amide bonds. The minimum absolute atomic E-state index is 0.115. The van der Waals surface area contributed by atoms with E-state index >= 15 is 0 Å². The Kier molecular flexibility index (Phi) is 4.93. The van der Waals surface area contributed by atoms with E-state index in [4.69, 9.17) is 4.74 Å². The topological polar surface area (TPSA) is 48.3 Å². The molecule has 0 unspecified atom stereocenters. The smallest absolute Gasteiger partial charge is 0.152 e. The molecule has 0 fully saturated rings. The Balaban J connectivity index is 2.23. The molecule has 1 aromatic heterocycles. The predicted octanol–water partition coefficient (Wildman–Crippen LogP) is 3.25. The van der Waals surface area contributed by atoms with Crippen molar-refractivity contribution in [2.45, 2.75) is 39.8 Å². The van der Waals surface area contributed by atoms with Crippen LogP contribution in [0.25, 0.3) is 10.9 Å². The van der Waals surface area contributed by atoms with E-state index in [2.05, 4.69) is 0 Å². The first-order chi connectivity index (χ1) is 9.93. The van der Waals surface area contributed by atoms with Gasteiger partial charge in [-0.1, -0.05) is 13.0 Å². The van der Waals surface area contributed by atoms with Crippen molar-refractivity contribution >= 4 is 20.7 Å². The summed E-state index contributed by atoms with van der Waals surface area (Å²) in [6.07, 6.45) is 2.71. The second-order valence-electron chi connectivity index (χ2n) is 5.52. The van der Waals surface area contributed by atoms with E-state index in [1.807, 2.05) is 55.8 Å². The first kappa shape index (κ1) is 15.9. The third-order valence-corrected chi connectivity index (χ3v) is 5.13. The zero-order valence-corrected chi connectivity index (χ0v) is 13.7. The fourth-order valence-corrected chi connectivity index (χ4v) is 3.70. The Hall–Kier alpha value is -1.49. The molecule has 5 heteroatoms. The number of fused-ring (bicyclic) bond motifs is 1. The van der Waals surface area contributed by atoms with Gasteiger partial charge in [0.05, 0.1) is 17.4 Å². The molecule has 116 valence electrons. The molecule has 0 radical (unpaired) electrons. The second kappa shape index (κ2) is 6.52. The quantitative estimate of drug-likeness (QED) is 0.789. The fraction of sp³-hybridized carbons (Fsp3) is 0.500. The molecule has 1 heterocycles. The van der Waals surface area contributed by atoms with Crippen molar-refractivity contribution in [1.29, 1.82) is 0 Å². The van der Waals surface area contributed by atoms with Crippen molar-refractivity contribution in [2.75, 3.05) is 11.5 Å². The van der Waals surface area contributed by atoms with Gasteiger partial charge in [0.1, 0.15) is 5.75 Å². The molecular weight excluding hydrogens is 286 g/mol. The van der Waals surface area contributed by atoms with Gasteiger partial charge in [0.25, 0.3) is 0 Å². The normalized spacial score (nSPS) is 12.2. The van der Waals surface area contributed by atoms with Gasteiger partial charge in [-0.3, -0.25) is 0 Å². The Morgan fingerprint density at radius 3 is 2.62 bits per heavy atom. The highest BCUT2D eigenvalue weighted by atomic mass is 32.2. The van der Waals surface area contributed by atoms with Gasteiger partial charge < -0.3 is 9.30 Å². The van der Waals surface area contributed by atoms with Gasteiger partial charge in [0.15, 0.2) is 9.84 Å². The summed E-state index contributed by atoms with van der Waals surface area (Å²) in [5, 5.41) is 1.03. The van der Waals surface area contributed by atoms with Crippen LogP contribution >= 0.6 is 0 Å². The lowest BCUT2D eigenvalue weighted by Crippen LogP contribution is -2.15. The van der Waals surface area contributed by atoms with E-state index in [1.54, 1.807) is 0 Å². The number of aromatic nitrogens is 1. The van der Waals surface area contributed by atoms with E-state index in [0.29, 0.717) is 13.0 Å². The first-order valence-electron chi connectivity index (χ1n) is 7.38. The summed E-state index contributed by atoms with van der Waals surface area (Å²) in [6.45, 7) is 6.36. The lowest BCUT2D eigenvalue weighted by atomic mass is 10.2. The number of nitrogens with zero attached hydrogens (tertiary/aromatic N) is 1. The molecule has 0 aliphatic heterocycles. The number of benzene rings is 1. The van der Waals surface area contributed by atoms with Gasteiger partial charge in [-0.2, -0.15) is 0 Å². The van der Waals surface area contributed by atoms with Gasteiger partial charge in [0.2, 0.25) is 0 Å². The molecule has 0 N–H and O–H groups in total. The van der Waals surface area contributed by atoms with Gasteiger partial charge >= 0.3 is 0 Å². The van der Waals surface area contributed by atoms with Crippen LogP contribution in [0.1, 0.15) is 27.2 Å². The van der Waals surface area contributed by atoms with Crippen LogP contribution in [0.4, 0.5) is 0 Å². The van der Waals surface area contributed by atoms with E-state index in [1.165, 1.54) is 0 Å². The Labute approximate surface area is 126 Å². The van der Waals surface area contributed by atoms with Crippen LogP contribution in [-0.2, 0) is 16.4 Å². The standard InChI is InChI=1S/C16H23NO3S/c1-4-11-21(18,19)12-10-17-9-8-14-15(17)6-5-7-16(14)20-13(2)3/h5-9,13H,4,10-12H2,1-3H3. The van der Waals surface area contributed by atoms with Crippen LogP contribution < -0.4 is 4.74 Å². The summed E-state index contributed by atoms with van der Waals surface area (Å²) < 4.78 is 31.4. The number of hydrogen-bond donors (Lipinski definition) is 0. The lowest BCUT2D eigenvalue weighted by molar-refractivity contribution is 0.245. The average Bonchev–Trinajstić information content (AvgIpc) is 2.80. The van der Waals surface area contributed by atoms with Gasteiger partial charge in [-0.25, -0.2) is 8.42 Å². The number of sulfone groups is 1. The maximum Gasteiger partial charge on any atom is 0.152 e. The van der Waals surface area contributed by atoms with Crippen LogP contribution in [0.15, 0.2) is 30.5 Å². The number of rotatable bonds is 7. The van der Waals surface area contributed by atoms with Crippen molar-refractivity contribution < 1.29 is 13.2 Å². The highest BCUT2D eigenvalue weighted by molar-refractivity contribution is 7.91. The highest BCUT2D eigenvalue weighted by Gasteiger charge is 2.12. The number of ether oxygens (including phenoxy) is 1. The molecule has 0 aliphatic carbocycles. The molecule has 0 atom stereocenters. The second-order valence-corrected chi connectivity index (χ2v) is 7.82. The summed E-state index contributed by atoms with van der Waals surface area (Å²) in [6, 6.07) is 7.87. The molecule has 21 heavy (non-hydrogen) atoms. The largest absolute Gasteiger partial charge is 0.490 e. The third kappa shape index (κ3) is 4.00. The Morgan fingerprint density at radius 1 is 1.19 bits per heavy atom. The van der Waals surface area contributed by atoms with Gasteiger partial charge in [0, 0.05) is 23.9 Å². The van der Waals surface area contributed by atoms with Crippen molar-refractivity contribution in [2.24, 2.45) is 0 Å². The van der Waals surface area contributed by atoms with Crippen molar-refractivity contribution in [3.8, 4) is 5.75 Å². The van der Waals surface area contributed by atoms with Crippen LogP contribution in [0.5, 0.6) is 5.75 Å². The molecule has 0 bridgehead atoms. The first-order valence-corrected chi connectivity index (χ1v) is 9.20. The molecule has 4 nitrogen and oxygen atoms in total. The van der Waals surface area contributed by atoms with Crippen LogP contribution in [0.2, 0.25) is 0 Å².